The topological polar surface area (TPSA) is 72.3 Å². The maximum atomic E-state index is 14.8. The first kappa shape index (κ1) is 24.9. The number of likely N-dealkylation sites (N-methyl/N-ethyl adjacent to an activating group) is 1. The molecule has 1 atom stereocenters. The van der Waals surface area contributed by atoms with E-state index in [2.05, 4.69) is 20.2 Å². The molecule has 5 rings (SSSR count). The lowest BCUT2D eigenvalue weighted by Gasteiger charge is -2.32. The summed E-state index contributed by atoms with van der Waals surface area (Å²) in [6.45, 7) is 10.0. The highest BCUT2D eigenvalue weighted by molar-refractivity contribution is 6.35. The molecule has 2 aromatic carbocycles. The summed E-state index contributed by atoms with van der Waals surface area (Å²) in [4.78, 5) is 23.2. The fourth-order valence-electron chi connectivity index (χ4n) is 4.84. The Balaban J connectivity index is 1.71. The maximum absolute atomic E-state index is 14.8. The van der Waals surface area contributed by atoms with Crippen LogP contribution in [0.2, 0.25) is 5.02 Å². The van der Waals surface area contributed by atoms with Crippen molar-refractivity contribution in [3.8, 4) is 17.1 Å². The van der Waals surface area contributed by atoms with Gasteiger partial charge in [0.05, 0.1) is 22.7 Å². The number of hydrogen-bond acceptors (Lipinski definition) is 4. The monoisotopic (exact) mass is 523 g/mol. The van der Waals surface area contributed by atoms with Crippen LogP contribution in [0.1, 0.15) is 29.0 Å². The number of piperidine rings is 1. The van der Waals surface area contributed by atoms with Crippen LogP contribution in [0.4, 0.5) is 14.5 Å². The van der Waals surface area contributed by atoms with Gasteiger partial charge in [0.2, 0.25) is 11.6 Å². The number of fused-ring (bicyclic) bond motifs is 1. The first-order valence-corrected chi connectivity index (χ1v) is 12.2. The van der Waals surface area contributed by atoms with E-state index in [9.17, 15) is 13.6 Å². The van der Waals surface area contributed by atoms with E-state index in [1.54, 1.807) is 34.6 Å². The molecule has 8 nitrogen and oxygen atoms in total. The van der Waals surface area contributed by atoms with Crippen molar-refractivity contribution >= 4 is 34.1 Å². The Bertz CT molecular complexity index is 1590. The van der Waals surface area contributed by atoms with Crippen molar-refractivity contribution in [3.63, 3.8) is 0 Å². The minimum absolute atomic E-state index is 0.122. The summed E-state index contributed by atoms with van der Waals surface area (Å²) in [6, 6.07) is 7.54. The molecular formula is C26H24ClF2N7O. The Morgan fingerprint density at radius 2 is 2.05 bits per heavy atom. The lowest BCUT2D eigenvalue weighted by Crippen LogP contribution is -2.47. The second-order valence-electron chi connectivity index (χ2n) is 9.10. The number of aromatic nitrogens is 4. The van der Waals surface area contributed by atoms with Gasteiger partial charge in [-0.25, -0.2) is 18.9 Å². The van der Waals surface area contributed by atoms with Crippen molar-refractivity contribution in [2.45, 2.75) is 25.8 Å². The maximum Gasteiger partial charge on any atom is 0.274 e. The zero-order valence-electron chi connectivity index (χ0n) is 20.5. The summed E-state index contributed by atoms with van der Waals surface area (Å²) in [5.74, 6) is -1.23. The Morgan fingerprint density at radius 1 is 1.27 bits per heavy atom. The van der Waals surface area contributed by atoms with Crippen LogP contribution >= 0.6 is 11.6 Å². The fourth-order valence-corrected chi connectivity index (χ4v) is 5.09. The molecule has 0 bridgehead atoms. The highest BCUT2D eigenvalue weighted by Gasteiger charge is 2.29. The molecule has 1 N–H and O–H groups in total. The van der Waals surface area contributed by atoms with Crippen molar-refractivity contribution in [2.24, 2.45) is 7.05 Å². The summed E-state index contributed by atoms with van der Waals surface area (Å²) >= 11 is 6.48. The number of likely N-dealkylation sites (tertiary alicyclic amines) is 1. The molecule has 37 heavy (non-hydrogen) atoms. The van der Waals surface area contributed by atoms with Crippen molar-refractivity contribution < 1.29 is 13.6 Å². The van der Waals surface area contributed by atoms with Crippen LogP contribution in [0.3, 0.4) is 0 Å². The molecule has 0 unspecified atom stereocenters. The van der Waals surface area contributed by atoms with Crippen molar-refractivity contribution in [3.05, 3.63) is 69.9 Å². The standard InChI is InChI=1S/C26H24ClF2N7O/c1-14-22(26(37)35-9-5-6-16(13-35)30-2)32-25(15-7-8-21(31-3)20(28)10-15)36(14)17-11-18-23(19(27)12-17)33-34(4)24(18)29/h7-8,10-12,16,30H,5-6,9,13H2,1-2,4H3/t16-/m0/s1. The number of rotatable bonds is 4. The van der Waals surface area contributed by atoms with Crippen LogP contribution < -0.4 is 5.32 Å². The van der Waals surface area contributed by atoms with Crippen molar-refractivity contribution in [1.29, 1.82) is 0 Å². The number of halogens is 3. The number of hydrogen-bond donors (Lipinski definition) is 1. The number of carbonyl (C=O) groups excluding carboxylic acids is 1. The average Bonchev–Trinajstić information content (AvgIpc) is 3.39. The number of amides is 1. The minimum Gasteiger partial charge on any atom is -0.336 e. The number of imidazole rings is 1. The number of carbonyl (C=O) groups is 1. The fraction of sp³-hybridized carbons (Fsp3) is 0.308. The molecule has 1 saturated heterocycles. The van der Waals surface area contributed by atoms with E-state index >= 15 is 0 Å². The molecule has 0 aliphatic carbocycles. The van der Waals surface area contributed by atoms with E-state index in [0.29, 0.717) is 35.6 Å². The predicted molar refractivity (Wildman–Crippen MR) is 137 cm³/mol. The van der Waals surface area contributed by atoms with Gasteiger partial charge in [0, 0.05) is 37.4 Å². The zero-order valence-corrected chi connectivity index (χ0v) is 21.3. The highest BCUT2D eigenvalue weighted by atomic mass is 35.5. The largest absolute Gasteiger partial charge is 0.336 e. The van der Waals surface area contributed by atoms with E-state index in [1.807, 2.05) is 7.05 Å². The SMILES string of the molecule is [C-]#[N+]c1ccc(-c2nc(C(=O)N3CCC[C@H](NC)C3)c(C)n2-c2cc(Cl)c3nn(C)c(F)c3c2)cc1F. The van der Waals surface area contributed by atoms with Gasteiger partial charge in [-0.1, -0.05) is 23.7 Å². The first-order chi connectivity index (χ1) is 17.7. The number of nitrogens with zero attached hydrogens (tertiary/aromatic N) is 6. The molecule has 1 aliphatic heterocycles. The van der Waals surface area contributed by atoms with Crippen molar-refractivity contribution in [1.82, 2.24) is 29.5 Å². The summed E-state index contributed by atoms with van der Waals surface area (Å²) in [5.41, 5.74) is 1.71. The molecule has 1 amide bonds. The van der Waals surface area contributed by atoms with E-state index in [4.69, 9.17) is 18.2 Å². The lowest BCUT2D eigenvalue weighted by molar-refractivity contribution is 0.0692. The van der Waals surface area contributed by atoms with Crippen LogP contribution in [-0.4, -0.2) is 56.3 Å². The number of nitrogens with one attached hydrogen (secondary N) is 1. The van der Waals surface area contributed by atoms with Gasteiger partial charge in [0.15, 0.2) is 0 Å². The molecule has 2 aromatic heterocycles. The molecule has 0 spiro atoms. The first-order valence-electron chi connectivity index (χ1n) is 11.8. The summed E-state index contributed by atoms with van der Waals surface area (Å²) in [6.07, 6.45) is 1.83. The van der Waals surface area contributed by atoms with Gasteiger partial charge >= 0.3 is 0 Å². The van der Waals surface area contributed by atoms with Gasteiger partial charge in [-0.15, -0.1) is 0 Å². The lowest BCUT2D eigenvalue weighted by atomic mass is 10.1. The molecule has 190 valence electrons. The van der Waals surface area contributed by atoms with Gasteiger partial charge in [-0.2, -0.15) is 9.49 Å². The summed E-state index contributed by atoms with van der Waals surface area (Å²) in [7, 11) is 3.35. The summed E-state index contributed by atoms with van der Waals surface area (Å²) < 4.78 is 32.2. The van der Waals surface area contributed by atoms with Crippen LogP contribution in [0.25, 0.3) is 32.8 Å². The van der Waals surface area contributed by atoms with Gasteiger partial charge < -0.3 is 10.2 Å². The predicted octanol–water partition coefficient (Wildman–Crippen LogP) is 5.04. The van der Waals surface area contributed by atoms with Gasteiger partial charge in [-0.05, 0) is 45.0 Å². The van der Waals surface area contributed by atoms with Crippen LogP contribution in [0, 0.1) is 25.3 Å². The third kappa shape index (κ3) is 4.24. The molecule has 4 aromatic rings. The third-order valence-electron chi connectivity index (χ3n) is 6.82. The van der Waals surface area contributed by atoms with E-state index in [-0.39, 0.29) is 39.6 Å². The molecule has 0 radical (unpaired) electrons. The molecular weight excluding hydrogens is 500 g/mol. The van der Waals surface area contributed by atoms with E-state index in [1.165, 1.54) is 19.2 Å². The van der Waals surface area contributed by atoms with Gasteiger partial charge in [-0.3, -0.25) is 9.36 Å². The van der Waals surface area contributed by atoms with Gasteiger partial charge in [0.1, 0.15) is 22.9 Å². The minimum atomic E-state index is -0.702. The molecule has 1 aliphatic rings. The number of benzene rings is 2. The smallest absolute Gasteiger partial charge is 0.274 e. The Morgan fingerprint density at radius 3 is 2.76 bits per heavy atom. The van der Waals surface area contributed by atoms with E-state index in [0.717, 1.165) is 17.5 Å². The quantitative estimate of drug-likeness (QED) is 0.380. The Kier molecular flexibility index (Phi) is 6.43. The average molecular weight is 524 g/mol. The molecule has 11 heteroatoms. The Labute approximate surface area is 217 Å². The Hall–Kier alpha value is -3.81. The second kappa shape index (κ2) is 9.57. The number of aryl methyl sites for hydroxylation is 1. The third-order valence-corrected chi connectivity index (χ3v) is 7.10. The molecule has 3 heterocycles. The molecule has 1 fully saturated rings. The zero-order chi connectivity index (χ0) is 26.4. The highest BCUT2D eigenvalue weighted by Crippen LogP contribution is 2.34. The normalized spacial score (nSPS) is 15.8. The summed E-state index contributed by atoms with van der Waals surface area (Å²) in [5, 5.41) is 7.79. The molecule has 0 saturated carbocycles. The van der Waals surface area contributed by atoms with Crippen LogP contribution in [0.15, 0.2) is 30.3 Å². The van der Waals surface area contributed by atoms with Crippen LogP contribution in [-0.2, 0) is 7.05 Å². The van der Waals surface area contributed by atoms with Crippen LogP contribution in [0.5, 0.6) is 0 Å². The van der Waals surface area contributed by atoms with Crippen molar-refractivity contribution in [2.75, 3.05) is 20.1 Å². The van der Waals surface area contributed by atoms with Gasteiger partial charge in [0.25, 0.3) is 5.91 Å². The second-order valence-corrected chi connectivity index (χ2v) is 9.51. The van der Waals surface area contributed by atoms with E-state index < -0.39 is 11.8 Å².